The number of ether oxygens (including phenoxy) is 1. The van der Waals surface area contributed by atoms with Crippen molar-refractivity contribution in [3.05, 3.63) is 0 Å². The van der Waals surface area contributed by atoms with Crippen LogP contribution in [-0.2, 0) is 9.53 Å². The van der Waals surface area contributed by atoms with E-state index in [0.29, 0.717) is 6.42 Å². The summed E-state index contributed by atoms with van der Waals surface area (Å²) in [5.74, 6) is -0.106. The normalized spacial score (nSPS) is 15.6. The summed E-state index contributed by atoms with van der Waals surface area (Å²) in [6, 6.07) is 0. The van der Waals surface area contributed by atoms with Gasteiger partial charge in [-0.25, -0.2) is 0 Å². The fourth-order valence-electron chi connectivity index (χ4n) is 1.70. The van der Waals surface area contributed by atoms with E-state index in [4.69, 9.17) is 4.74 Å². The van der Waals surface area contributed by atoms with Crippen LogP contribution in [0, 0.1) is 0 Å². The van der Waals surface area contributed by atoms with Crippen molar-refractivity contribution in [2.75, 3.05) is 7.05 Å². The zero-order valence-electron chi connectivity index (χ0n) is 11.6. The van der Waals surface area contributed by atoms with Crippen LogP contribution in [0.2, 0.25) is 0 Å². The Balaban J connectivity index is 4.07. The van der Waals surface area contributed by atoms with Crippen LogP contribution in [-0.4, -0.2) is 24.2 Å². The SMILES string of the molecule is CCCC(C)(CCC(=O)OC(C)(C)C)NC. The largest absolute Gasteiger partial charge is 0.460 e. The molecule has 0 spiro atoms. The van der Waals surface area contributed by atoms with Crippen LogP contribution < -0.4 is 5.32 Å². The molecular formula is C13H27NO2. The molecule has 0 saturated heterocycles. The summed E-state index contributed by atoms with van der Waals surface area (Å²) in [5, 5.41) is 3.29. The average molecular weight is 229 g/mol. The number of carbonyl (C=O) groups excluding carboxylic acids is 1. The van der Waals surface area contributed by atoms with E-state index in [9.17, 15) is 4.79 Å². The van der Waals surface area contributed by atoms with Gasteiger partial charge in [-0.3, -0.25) is 4.79 Å². The minimum atomic E-state index is -0.377. The first-order chi connectivity index (χ1) is 7.22. The lowest BCUT2D eigenvalue weighted by molar-refractivity contribution is -0.155. The van der Waals surface area contributed by atoms with E-state index in [1.165, 1.54) is 0 Å². The Morgan fingerprint density at radius 3 is 2.12 bits per heavy atom. The van der Waals surface area contributed by atoms with E-state index in [0.717, 1.165) is 19.3 Å². The molecule has 0 aliphatic carbocycles. The van der Waals surface area contributed by atoms with Gasteiger partial charge in [-0.05, 0) is 47.6 Å². The Hall–Kier alpha value is -0.570. The predicted molar refractivity (Wildman–Crippen MR) is 67.5 cm³/mol. The van der Waals surface area contributed by atoms with Gasteiger partial charge in [0.2, 0.25) is 0 Å². The van der Waals surface area contributed by atoms with Crippen molar-refractivity contribution in [3.8, 4) is 0 Å². The molecule has 3 nitrogen and oxygen atoms in total. The number of carbonyl (C=O) groups is 1. The van der Waals surface area contributed by atoms with Gasteiger partial charge in [0, 0.05) is 12.0 Å². The van der Waals surface area contributed by atoms with E-state index in [2.05, 4.69) is 19.2 Å². The van der Waals surface area contributed by atoms with Crippen molar-refractivity contribution in [1.82, 2.24) is 5.32 Å². The quantitative estimate of drug-likeness (QED) is 0.712. The second-order valence-corrected chi connectivity index (χ2v) is 5.65. The second-order valence-electron chi connectivity index (χ2n) is 5.65. The number of rotatable bonds is 6. The van der Waals surface area contributed by atoms with Crippen molar-refractivity contribution in [1.29, 1.82) is 0 Å². The smallest absolute Gasteiger partial charge is 0.306 e. The zero-order chi connectivity index (χ0) is 12.8. The minimum Gasteiger partial charge on any atom is -0.460 e. The lowest BCUT2D eigenvalue weighted by atomic mass is 9.91. The van der Waals surface area contributed by atoms with Crippen molar-refractivity contribution in [3.63, 3.8) is 0 Å². The molecule has 0 fully saturated rings. The van der Waals surface area contributed by atoms with Crippen LogP contribution >= 0.6 is 0 Å². The molecule has 1 unspecified atom stereocenters. The number of hydrogen-bond donors (Lipinski definition) is 1. The number of esters is 1. The summed E-state index contributed by atoms with van der Waals surface area (Å²) in [6.07, 6.45) is 3.50. The first-order valence-corrected chi connectivity index (χ1v) is 6.13. The monoisotopic (exact) mass is 229 g/mol. The Labute approximate surface area is 99.9 Å². The molecule has 0 saturated carbocycles. The van der Waals surface area contributed by atoms with E-state index >= 15 is 0 Å². The first kappa shape index (κ1) is 15.4. The Bertz CT molecular complexity index is 220. The van der Waals surface area contributed by atoms with Crippen LogP contribution in [0.5, 0.6) is 0 Å². The maximum absolute atomic E-state index is 11.6. The van der Waals surface area contributed by atoms with Crippen LogP contribution in [0.1, 0.15) is 60.3 Å². The average Bonchev–Trinajstić information content (AvgIpc) is 2.13. The molecule has 0 heterocycles. The fraction of sp³-hybridized carbons (Fsp3) is 0.923. The third-order valence-electron chi connectivity index (χ3n) is 2.71. The van der Waals surface area contributed by atoms with Gasteiger partial charge in [-0.2, -0.15) is 0 Å². The van der Waals surface area contributed by atoms with Gasteiger partial charge in [0.1, 0.15) is 5.60 Å². The van der Waals surface area contributed by atoms with Gasteiger partial charge in [0.05, 0.1) is 0 Å². The molecule has 0 bridgehead atoms. The third kappa shape index (κ3) is 6.83. The molecule has 0 aromatic carbocycles. The minimum absolute atomic E-state index is 0.0473. The van der Waals surface area contributed by atoms with Gasteiger partial charge in [0.25, 0.3) is 0 Å². The van der Waals surface area contributed by atoms with Gasteiger partial charge in [-0.1, -0.05) is 13.3 Å². The predicted octanol–water partition coefficient (Wildman–Crippen LogP) is 2.89. The lowest BCUT2D eigenvalue weighted by Crippen LogP contribution is -2.40. The van der Waals surface area contributed by atoms with Crippen molar-refractivity contribution in [2.24, 2.45) is 0 Å². The molecule has 16 heavy (non-hydrogen) atoms. The van der Waals surface area contributed by atoms with E-state index in [1.807, 2.05) is 27.8 Å². The number of hydrogen-bond acceptors (Lipinski definition) is 3. The summed E-state index contributed by atoms with van der Waals surface area (Å²) in [7, 11) is 1.95. The highest BCUT2D eigenvalue weighted by atomic mass is 16.6. The molecule has 1 atom stereocenters. The molecule has 0 aliphatic heterocycles. The van der Waals surface area contributed by atoms with Crippen molar-refractivity contribution in [2.45, 2.75) is 71.4 Å². The highest BCUT2D eigenvalue weighted by Gasteiger charge is 2.23. The number of nitrogens with one attached hydrogen (secondary N) is 1. The Morgan fingerprint density at radius 1 is 1.19 bits per heavy atom. The maximum Gasteiger partial charge on any atom is 0.306 e. The van der Waals surface area contributed by atoms with Crippen LogP contribution in [0.15, 0.2) is 0 Å². The molecule has 96 valence electrons. The van der Waals surface area contributed by atoms with Gasteiger partial charge >= 0.3 is 5.97 Å². The zero-order valence-corrected chi connectivity index (χ0v) is 11.6. The molecule has 0 amide bonds. The van der Waals surface area contributed by atoms with Crippen LogP contribution in [0.25, 0.3) is 0 Å². The maximum atomic E-state index is 11.6. The summed E-state index contributed by atoms with van der Waals surface area (Å²) in [5.41, 5.74) is -0.330. The van der Waals surface area contributed by atoms with Gasteiger partial charge in [-0.15, -0.1) is 0 Å². The van der Waals surface area contributed by atoms with Gasteiger partial charge in [0.15, 0.2) is 0 Å². The molecule has 0 rings (SSSR count). The molecule has 0 radical (unpaired) electrons. The molecular weight excluding hydrogens is 202 g/mol. The molecule has 3 heteroatoms. The summed E-state index contributed by atoms with van der Waals surface area (Å²) >= 11 is 0. The van der Waals surface area contributed by atoms with Gasteiger partial charge < -0.3 is 10.1 Å². The second kappa shape index (κ2) is 6.24. The van der Waals surface area contributed by atoms with Crippen molar-refractivity contribution < 1.29 is 9.53 Å². The third-order valence-corrected chi connectivity index (χ3v) is 2.71. The highest BCUT2D eigenvalue weighted by Crippen LogP contribution is 2.19. The Morgan fingerprint density at radius 2 is 1.75 bits per heavy atom. The summed E-state index contributed by atoms with van der Waals surface area (Å²) < 4.78 is 5.29. The molecule has 0 aliphatic rings. The summed E-state index contributed by atoms with van der Waals surface area (Å²) in [6.45, 7) is 10.0. The van der Waals surface area contributed by atoms with Crippen LogP contribution in [0.3, 0.4) is 0 Å². The highest BCUT2D eigenvalue weighted by molar-refractivity contribution is 5.69. The van der Waals surface area contributed by atoms with Crippen LogP contribution in [0.4, 0.5) is 0 Å². The van der Waals surface area contributed by atoms with E-state index in [-0.39, 0.29) is 17.1 Å². The topological polar surface area (TPSA) is 38.3 Å². The Kier molecular flexibility index (Phi) is 6.01. The summed E-state index contributed by atoms with van der Waals surface area (Å²) in [4.78, 5) is 11.6. The fourth-order valence-corrected chi connectivity index (χ4v) is 1.70. The van der Waals surface area contributed by atoms with E-state index < -0.39 is 0 Å². The lowest BCUT2D eigenvalue weighted by Gasteiger charge is -2.29. The molecule has 0 aromatic heterocycles. The first-order valence-electron chi connectivity index (χ1n) is 6.13. The van der Waals surface area contributed by atoms with E-state index in [1.54, 1.807) is 0 Å². The molecule has 1 N–H and O–H groups in total. The van der Waals surface area contributed by atoms with Crippen molar-refractivity contribution >= 4 is 5.97 Å². The standard InChI is InChI=1S/C13H27NO2/c1-7-9-13(5,14-6)10-8-11(15)16-12(2,3)4/h14H,7-10H2,1-6H3. The molecule has 0 aromatic rings.